The van der Waals surface area contributed by atoms with Crippen LogP contribution in [0.4, 0.5) is 5.82 Å². The van der Waals surface area contributed by atoms with Crippen LogP contribution in [0, 0.1) is 0 Å². The molecule has 1 aliphatic rings. The lowest BCUT2D eigenvalue weighted by Gasteiger charge is -2.35. The topological polar surface area (TPSA) is 54.9 Å². The monoisotopic (exact) mass is 411 g/mol. The summed E-state index contributed by atoms with van der Waals surface area (Å²) in [7, 11) is 1.59. The van der Waals surface area contributed by atoms with Gasteiger partial charge in [0.2, 0.25) is 0 Å². The maximum absolute atomic E-state index is 11.5. The third-order valence-corrected chi connectivity index (χ3v) is 6.08. The molecule has 1 aromatic heterocycles. The maximum atomic E-state index is 11.5. The lowest BCUT2D eigenvalue weighted by atomic mass is 10.1. The zero-order valence-electron chi connectivity index (χ0n) is 16.8. The highest BCUT2D eigenvalue weighted by Crippen LogP contribution is 2.30. The standard InChI is InChI=1S/C22H25N3O3S/c1-16(26)17-7-8-19(20(15-17)27-2)28-14-13-24-9-11-25(12-10-24)22-18-5-3-4-6-21(18)29-23-22/h3-8,15H,9-14H2,1-2H3. The number of Topliss-reactive ketones (excluding diaryl/α,β-unsaturated/α-hetero) is 1. The molecular weight excluding hydrogens is 386 g/mol. The first-order valence-corrected chi connectivity index (χ1v) is 10.6. The second-order valence-electron chi connectivity index (χ2n) is 7.10. The first-order chi connectivity index (χ1) is 14.2. The summed E-state index contributed by atoms with van der Waals surface area (Å²) in [5, 5.41) is 1.25. The lowest BCUT2D eigenvalue weighted by Crippen LogP contribution is -2.47. The van der Waals surface area contributed by atoms with Crippen LogP contribution in [0.5, 0.6) is 11.5 Å². The molecule has 1 aliphatic heterocycles. The van der Waals surface area contributed by atoms with E-state index in [9.17, 15) is 4.79 Å². The minimum atomic E-state index is 0.0145. The van der Waals surface area contributed by atoms with E-state index < -0.39 is 0 Å². The molecule has 0 aliphatic carbocycles. The van der Waals surface area contributed by atoms with Crippen molar-refractivity contribution in [3.8, 4) is 11.5 Å². The van der Waals surface area contributed by atoms with Crippen molar-refractivity contribution in [2.75, 3.05) is 51.3 Å². The second kappa shape index (κ2) is 8.80. The number of carbonyl (C=O) groups is 1. The minimum absolute atomic E-state index is 0.0145. The summed E-state index contributed by atoms with van der Waals surface area (Å²) in [5.74, 6) is 2.39. The molecular formula is C22H25N3O3S. The normalized spacial score (nSPS) is 14.9. The molecule has 0 unspecified atom stereocenters. The van der Waals surface area contributed by atoms with Gasteiger partial charge < -0.3 is 14.4 Å². The number of hydrogen-bond acceptors (Lipinski definition) is 7. The summed E-state index contributed by atoms with van der Waals surface area (Å²) in [5.41, 5.74) is 0.625. The molecule has 0 atom stereocenters. The van der Waals surface area contributed by atoms with Crippen LogP contribution in [0.25, 0.3) is 10.1 Å². The Bertz CT molecular complexity index is 996. The fourth-order valence-corrected chi connectivity index (χ4v) is 4.37. The SMILES string of the molecule is COc1cc(C(C)=O)ccc1OCCN1CCN(c2nsc3ccccc23)CC1. The largest absolute Gasteiger partial charge is 0.493 e. The van der Waals surface area contributed by atoms with Crippen molar-refractivity contribution in [1.29, 1.82) is 0 Å². The van der Waals surface area contributed by atoms with E-state index in [4.69, 9.17) is 9.47 Å². The number of carbonyl (C=O) groups excluding carboxylic acids is 1. The molecule has 4 rings (SSSR count). The molecule has 0 N–H and O–H groups in total. The molecule has 2 aromatic carbocycles. The van der Waals surface area contributed by atoms with Gasteiger partial charge in [-0.1, -0.05) is 12.1 Å². The summed E-state index contributed by atoms with van der Waals surface area (Å²) in [6.07, 6.45) is 0. The molecule has 0 spiro atoms. The molecule has 1 fully saturated rings. The first kappa shape index (κ1) is 19.7. The van der Waals surface area contributed by atoms with E-state index in [1.54, 1.807) is 43.8 Å². The van der Waals surface area contributed by atoms with Crippen LogP contribution in [0.15, 0.2) is 42.5 Å². The Morgan fingerprint density at radius 3 is 2.66 bits per heavy atom. The van der Waals surface area contributed by atoms with Crippen LogP contribution in [0.2, 0.25) is 0 Å². The van der Waals surface area contributed by atoms with Crippen LogP contribution < -0.4 is 14.4 Å². The molecule has 1 saturated heterocycles. The fourth-order valence-electron chi connectivity index (χ4n) is 3.57. The smallest absolute Gasteiger partial charge is 0.161 e. The third kappa shape index (κ3) is 4.36. The van der Waals surface area contributed by atoms with Gasteiger partial charge in [0.1, 0.15) is 12.4 Å². The summed E-state index contributed by atoms with van der Waals surface area (Å²) in [4.78, 5) is 16.3. The highest BCUT2D eigenvalue weighted by molar-refractivity contribution is 7.13. The Hall–Kier alpha value is -2.64. The van der Waals surface area contributed by atoms with Crippen LogP contribution in [-0.4, -0.2) is 61.5 Å². The van der Waals surface area contributed by atoms with Crippen molar-refractivity contribution < 1.29 is 14.3 Å². The number of anilines is 1. The molecule has 7 heteroatoms. The quantitative estimate of drug-likeness (QED) is 0.553. The molecule has 0 amide bonds. The summed E-state index contributed by atoms with van der Waals surface area (Å²) in [6, 6.07) is 13.7. The minimum Gasteiger partial charge on any atom is -0.493 e. The van der Waals surface area contributed by atoms with Crippen molar-refractivity contribution in [1.82, 2.24) is 9.27 Å². The highest BCUT2D eigenvalue weighted by atomic mass is 32.1. The Labute approximate surface area is 174 Å². The number of ether oxygens (including phenoxy) is 2. The highest BCUT2D eigenvalue weighted by Gasteiger charge is 2.20. The number of piperazine rings is 1. The summed E-state index contributed by atoms with van der Waals surface area (Å²) >= 11 is 1.57. The van der Waals surface area contributed by atoms with Gasteiger partial charge in [-0.15, -0.1) is 0 Å². The maximum Gasteiger partial charge on any atom is 0.161 e. The average Bonchev–Trinajstić information content (AvgIpc) is 3.18. The molecule has 152 valence electrons. The number of aromatic nitrogens is 1. The predicted molar refractivity (Wildman–Crippen MR) is 117 cm³/mol. The zero-order chi connectivity index (χ0) is 20.2. The van der Waals surface area contributed by atoms with E-state index in [-0.39, 0.29) is 5.78 Å². The van der Waals surface area contributed by atoms with Crippen LogP contribution in [-0.2, 0) is 0 Å². The number of hydrogen-bond donors (Lipinski definition) is 0. The first-order valence-electron chi connectivity index (χ1n) is 9.79. The fraction of sp³-hybridized carbons (Fsp3) is 0.364. The van der Waals surface area contributed by atoms with E-state index in [2.05, 4.69) is 38.4 Å². The van der Waals surface area contributed by atoms with Gasteiger partial charge in [-0.25, -0.2) is 0 Å². The molecule has 0 saturated carbocycles. The van der Waals surface area contributed by atoms with Crippen molar-refractivity contribution in [2.24, 2.45) is 0 Å². The van der Waals surface area contributed by atoms with Crippen LogP contribution >= 0.6 is 11.5 Å². The number of methoxy groups -OCH3 is 1. The van der Waals surface area contributed by atoms with Gasteiger partial charge in [-0.3, -0.25) is 9.69 Å². The Morgan fingerprint density at radius 2 is 1.90 bits per heavy atom. The average molecular weight is 412 g/mol. The predicted octanol–water partition coefficient (Wildman–Crippen LogP) is 3.71. The molecule has 0 bridgehead atoms. The van der Waals surface area contributed by atoms with Gasteiger partial charge in [0.25, 0.3) is 0 Å². The van der Waals surface area contributed by atoms with Crippen molar-refractivity contribution in [3.63, 3.8) is 0 Å². The van der Waals surface area contributed by atoms with Crippen LogP contribution in [0.3, 0.4) is 0 Å². The number of rotatable bonds is 7. The molecule has 2 heterocycles. The van der Waals surface area contributed by atoms with E-state index in [0.717, 1.165) is 38.5 Å². The van der Waals surface area contributed by atoms with Gasteiger partial charge in [0.15, 0.2) is 17.3 Å². The summed E-state index contributed by atoms with van der Waals surface area (Å²) < 4.78 is 17.2. The molecule has 6 nitrogen and oxygen atoms in total. The molecule has 29 heavy (non-hydrogen) atoms. The van der Waals surface area contributed by atoms with E-state index in [0.29, 0.717) is 23.7 Å². The van der Waals surface area contributed by atoms with Gasteiger partial charge in [-0.05, 0) is 48.8 Å². The molecule has 0 radical (unpaired) electrons. The molecule has 3 aromatic rings. The third-order valence-electron chi connectivity index (χ3n) is 5.27. The van der Waals surface area contributed by atoms with E-state index >= 15 is 0 Å². The number of benzene rings is 2. The van der Waals surface area contributed by atoms with Crippen molar-refractivity contribution in [3.05, 3.63) is 48.0 Å². The van der Waals surface area contributed by atoms with E-state index in [1.807, 2.05) is 0 Å². The lowest BCUT2D eigenvalue weighted by molar-refractivity contribution is 0.101. The Morgan fingerprint density at radius 1 is 1.10 bits per heavy atom. The van der Waals surface area contributed by atoms with Crippen molar-refractivity contribution >= 4 is 33.2 Å². The Balaban J connectivity index is 1.29. The number of fused-ring (bicyclic) bond motifs is 1. The summed E-state index contributed by atoms with van der Waals surface area (Å²) in [6.45, 7) is 6.86. The van der Waals surface area contributed by atoms with Gasteiger partial charge in [0, 0.05) is 43.7 Å². The zero-order valence-corrected chi connectivity index (χ0v) is 17.6. The number of ketones is 1. The Kier molecular flexibility index (Phi) is 5.97. The van der Waals surface area contributed by atoms with Gasteiger partial charge in [-0.2, -0.15) is 4.37 Å². The van der Waals surface area contributed by atoms with E-state index in [1.165, 1.54) is 10.1 Å². The van der Waals surface area contributed by atoms with Crippen LogP contribution in [0.1, 0.15) is 17.3 Å². The van der Waals surface area contributed by atoms with Crippen molar-refractivity contribution in [2.45, 2.75) is 6.92 Å². The van der Waals surface area contributed by atoms with Gasteiger partial charge >= 0.3 is 0 Å². The number of nitrogens with zero attached hydrogens (tertiary/aromatic N) is 3. The van der Waals surface area contributed by atoms with Gasteiger partial charge in [0.05, 0.1) is 11.8 Å². The second-order valence-corrected chi connectivity index (χ2v) is 7.91.